The molecule has 2 aliphatic heterocycles. The van der Waals surface area contributed by atoms with Crippen molar-refractivity contribution in [3.63, 3.8) is 0 Å². The number of piperazine rings is 1. The topological polar surface area (TPSA) is 18.8 Å². The van der Waals surface area contributed by atoms with Crippen molar-refractivity contribution in [2.24, 2.45) is 16.8 Å². The van der Waals surface area contributed by atoms with Crippen LogP contribution in [0.25, 0.3) is 0 Å². The third kappa shape index (κ3) is 4.20. The Morgan fingerprint density at radius 2 is 1.85 bits per heavy atom. The van der Waals surface area contributed by atoms with Gasteiger partial charge in [-0.1, -0.05) is 18.2 Å². The van der Waals surface area contributed by atoms with Gasteiger partial charge in [0.1, 0.15) is 0 Å². The molecule has 1 saturated carbocycles. The molecule has 0 bridgehead atoms. The van der Waals surface area contributed by atoms with Crippen molar-refractivity contribution in [1.82, 2.24) is 9.80 Å². The summed E-state index contributed by atoms with van der Waals surface area (Å²) in [6, 6.07) is 7.11. The lowest BCUT2D eigenvalue weighted by Gasteiger charge is -2.33. The van der Waals surface area contributed by atoms with Gasteiger partial charge in [-0.15, -0.1) is 6.58 Å². The van der Waals surface area contributed by atoms with E-state index >= 15 is 0 Å². The number of nitrogens with zero attached hydrogens (tertiary/aromatic N) is 3. The fourth-order valence-electron chi connectivity index (χ4n) is 5.38. The Bertz CT molecular complexity index is 692. The van der Waals surface area contributed by atoms with Crippen molar-refractivity contribution in [3.05, 3.63) is 42.0 Å². The van der Waals surface area contributed by atoms with Crippen LogP contribution in [0.1, 0.15) is 56.1 Å². The number of likely N-dealkylation sites (N-methyl/N-ethyl adjacent to an activating group) is 1. The van der Waals surface area contributed by atoms with E-state index in [4.69, 9.17) is 4.99 Å². The molecule has 1 unspecified atom stereocenters. The first-order valence-electron chi connectivity index (χ1n) is 10.8. The van der Waals surface area contributed by atoms with Gasteiger partial charge in [-0.3, -0.25) is 9.89 Å². The molecule has 1 saturated heterocycles. The van der Waals surface area contributed by atoms with Crippen LogP contribution in [0.4, 0.5) is 5.69 Å². The Morgan fingerprint density at radius 1 is 1.11 bits per heavy atom. The second-order valence-corrected chi connectivity index (χ2v) is 9.01. The average Bonchev–Trinajstić information content (AvgIpc) is 3.00. The number of hydrogen-bond acceptors (Lipinski definition) is 3. The first-order chi connectivity index (χ1) is 13.1. The monoisotopic (exact) mass is 365 g/mol. The molecule has 1 atom stereocenters. The summed E-state index contributed by atoms with van der Waals surface area (Å²) < 4.78 is 0. The molecule has 2 fully saturated rings. The van der Waals surface area contributed by atoms with Crippen molar-refractivity contribution in [3.8, 4) is 0 Å². The van der Waals surface area contributed by atoms with E-state index in [2.05, 4.69) is 54.6 Å². The molecule has 1 aromatic carbocycles. The number of fused-ring (bicyclic) bond motifs is 1. The van der Waals surface area contributed by atoms with Crippen molar-refractivity contribution >= 4 is 11.4 Å². The number of rotatable bonds is 5. The van der Waals surface area contributed by atoms with E-state index in [1.165, 1.54) is 80.8 Å². The third-order valence-corrected chi connectivity index (χ3v) is 7.04. The van der Waals surface area contributed by atoms with E-state index < -0.39 is 0 Å². The largest absolute Gasteiger partial charge is 0.304 e. The van der Waals surface area contributed by atoms with Gasteiger partial charge in [0.05, 0.1) is 5.69 Å². The summed E-state index contributed by atoms with van der Waals surface area (Å²) in [5, 5.41) is 0. The molecule has 0 spiro atoms. The quantitative estimate of drug-likeness (QED) is 0.683. The highest BCUT2D eigenvalue weighted by atomic mass is 15.2. The molecule has 0 aromatic heterocycles. The van der Waals surface area contributed by atoms with Gasteiger partial charge in [0.25, 0.3) is 0 Å². The van der Waals surface area contributed by atoms with Crippen molar-refractivity contribution in [1.29, 1.82) is 0 Å². The molecular formula is C24H35N3. The van der Waals surface area contributed by atoms with E-state index in [-0.39, 0.29) is 0 Å². The summed E-state index contributed by atoms with van der Waals surface area (Å²) >= 11 is 0. The molecule has 2 heterocycles. The van der Waals surface area contributed by atoms with Crippen molar-refractivity contribution < 1.29 is 0 Å². The summed E-state index contributed by atoms with van der Waals surface area (Å²) in [6.45, 7) is 11.9. The second kappa shape index (κ2) is 8.28. The van der Waals surface area contributed by atoms with Crippen LogP contribution in [0.3, 0.4) is 0 Å². The Hall–Kier alpha value is -1.45. The summed E-state index contributed by atoms with van der Waals surface area (Å²) in [4.78, 5) is 10.00. The Balaban J connectivity index is 1.42. The van der Waals surface area contributed by atoms with Crippen LogP contribution in [0, 0.1) is 11.8 Å². The maximum absolute atomic E-state index is 5.00. The summed E-state index contributed by atoms with van der Waals surface area (Å²) in [5.41, 5.74) is 5.50. The summed E-state index contributed by atoms with van der Waals surface area (Å²) in [5.74, 6) is 2.20. The fraction of sp³-hybridized carbons (Fsp3) is 0.625. The number of benzene rings is 1. The van der Waals surface area contributed by atoms with Crippen LogP contribution in [-0.4, -0.2) is 48.7 Å². The second-order valence-electron chi connectivity index (χ2n) is 9.01. The van der Waals surface area contributed by atoms with E-state index in [1.54, 1.807) is 0 Å². The lowest BCUT2D eigenvalue weighted by molar-refractivity contribution is 0.148. The molecule has 0 radical (unpaired) electrons. The third-order valence-electron chi connectivity index (χ3n) is 7.04. The van der Waals surface area contributed by atoms with E-state index in [9.17, 15) is 0 Å². The first-order valence-corrected chi connectivity index (χ1v) is 10.8. The van der Waals surface area contributed by atoms with Crippen molar-refractivity contribution in [2.45, 2.75) is 51.5 Å². The number of aliphatic imine (C=N–C) groups is 1. The Labute approximate surface area is 165 Å². The highest BCUT2D eigenvalue weighted by Crippen LogP contribution is 2.46. The zero-order valence-electron chi connectivity index (χ0n) is 17.2. The molecular weight excluding hydrogens is 330 g/mol. The van der Waals surface area contributed by atoms with Gasteiger partial charge in [0, 0.05) is 44.4 Å². The van der Waals surface area contributed by atoms with E-state index in [0.717, 1.165) is 18.4 Å². The predicted octanol–water partition coefficient (Wildman–Crippen LogP) is 5.01. The minimum atomic E-state index is 0.558. The normalized spacial score (nSPS) is 29.4. The first kappa shape index (κ1) is 18.9. The van der Waals surface area contributed by atoms with Crippen LogP contribution in [0.15, 0.2) is 35.8 Å². The minimum Gasteiger partial charge on any atom is -0.304 e. The van der Waals surface area contributed by atoms with Crippen LogP contribution in [0.2, 0.25) is 0 Å². The van der Waals surface area contributed by atoms with Crippen LogP contribution >= 0.6 is 0 Å². The lowest BCUT2D eigenvalue weighted by Crippen LogP contribution is -2.43. The van der Waals surface area contributed by atoms with Gasteiger partial charge in [0.2, 0.25) is 0 Å². The zero-order chi connectivity index (χ0) is 18.8. The zero-order valence-corrected chi connectivity index (χ0v) is 17.2. The maximum Gasteiger partial charge on any atom is 0.0671 e. The van der Waals surface area contributed by atoms with Gasteiger partial charge in [-0.05, 0) is 75.1 Å². The van der Waals surface area contributed by atoms with Gasteiger partial charge in [-0.2, -0.15) is 0 Å². The van der Waals surface area contributed by atoms with E-state index in [1.807, 2.05) is 0 Å². The lowest BCUT2D eigenvalue weighted by atomic mass is 9.72. The van der Waals surface area contributed by atoms with Crippen LogP contribution in [0.5, 0.6) is 0 Å². The molecule has 146 valence electrons. The molecule has 3 nitrogen and oxygen atoms in total. The molecule has 1 aromatic rings. The van der Waals surface area contributed by atoms with Crippen molar-refractivity contribution in [2.75, 3.05) is 33.2 Å². The smallest absolute Gasteiger partial charge is 0.0671 e. The molecule has 1 aliphatic carbocycles. The predicted molar refractivity (Wildman–Crippen MR) is 115 cm³/mol. The van der Waals surface area contributed by atoms with Gasteiger partial charge < -0.3 is 4.90 Å². The molecule has 3 heteroatoms. The van der Waals surface area contributed by atoms with Crippen LogP contribution in [-0.2, 0) is 6.54 Å². The number of hydrogen-bond donors (Lipinski definition) is 0. The maximum atomic E-state index is 5.00. The van der Waals surface area contributed by atoms with Crippen LogP contribution < -0.4 is 0 Å². The Kier molecular flexibility index (Phi) is 5.79. The molecule has 27 heavy (non-hydrogen) atoms. The van der Waals surface area contributed by atoms with E-state index in [0.29, 0.717) is 5.92 Å². The molecule has 0 amide bonds. The Morgan fingerprint density at radius 3 is 2.56 bits per heavy atom. The number of allylic oxidation sites excluding steroid dienone is 1. The van der Waals surface area contributed by atoms with Gasteiger partial charge in [0.15, 0.2) is 0 Å². The van der Waals surface area contributed by atoms with Gasteiger partial charge in [-0.25, -0.2) is 0 Å². The SMILES string of the molecule is C=CCC1CCC(C2C(C)=Nc3cc(CN4CCN(C)CC4)ccc32)CC1. The fourth-order valence-corrected chi connectivity index (χ4v) is 5.38. The molecule has 0 N–H and O–H groups in total. The summed E-state index contributed by atoms with van der Waals surface area (Å²) in [7, 11) is 2.22. The van der Waals surface area contributed by atoms with Gasteiger partial charge >= 0.3 is 0 Å². The minimum absolute atomic E-state index is 0.558. The standard InChI is InChI=1S/C24H35N3/c1-4-5-19-6-9-21(10-7-19)24-18(2)25-23-16-20(8-11-22(23)24)17-27-14-12-26(3)13-15-27/h4,8,11,16,19,21,24H,1,5-7,9-10,12-15,17H2,2-3H3. The highest BCUT2D eigenvalue weighted by Gasteiger charge is 2.34. The summed E-state index contributed by atoms with van der Waals surface area (Å²) in [6.07, 6.45) is 8.70. The molecule has 3 aliphatic rings. The molecule has 4 rings (SSSR count). The highest BCUT2D eigenvalue weighted by molar-refractivity contribution is 5.96. The average molecular weight is 366 g/mol.